The Bertz CT molecular complexity index is 573. The van der Waals surface area contributed by atoms with Crippen LogP contribution in [-0.2, 0) is 11.2 Å². The number of benzene rings is 2. The summed E-state index contributed by atoms with van der Waals surface area (Å²) in [6, 6.07) is 19.5. The van der Waals surface area contributed by atoms with Crippen molar-refractivity contribution in [1.82, 2.24) is 0 Å². The minimum absolute atomic E-state index is 0.440. The summed E-state index contributed by atoms with van der Waals surface area (Å²) < 4.78 is 0. The highest BCUT2D eigenvalue weighted by molar-refractivity contribution is 5.75. The third-order valence-corrected chi connectivity index (χ3v) is 3.35. The van der Waals surface area contributed by atoms with Crippen LogP contribution in [0, 0.1) is 5.92 Å². The van der Waals surface area contributed by atoms with Gasteiger partial charge in [-0.1, -0.05) is 67.2 Å². The Hall–Kier alpha value is -2.35. The van der Waals surface area contributed by atoms with Crippen molar-refractivity contribution >= 4 is 11.5 Å². The maximum Gasteiger partial charge on any atom is 0.307 e. The first-order valence-electron chi connectivity index (χ1n) is 6.66. The Balaban J connectivity index is 2.07. The Morgan fingerprint density at radius 3 is 2.10 bits per heavy atom. The normalized spacial score (nSPS) is 11.8. The second-order valence-electron chi connectivity index (χ2n) is 4.90. The van der Waals surface area contributed by atoms with Crippen LogP contribution in [0.15, 0.2) is 67.2 Å². The minimum atomic E-state index is -0.772. The van der Waals surface area contributed by atoms with Gasteiger partial charge < -0.3 is 5.11 Å². The van der Waals surface area contributed by atoms with Gasteiger partial charge >= 0.3 is 5.97 Å². The Morgan fingerprint density at radius 2 is 1.55 bits per heavy atom. The molecule has 0 amide bonds. The fourth-order valence-electron chi connectivity index (χ4n) is 2.23. The molecule has 2 aromatic carbocycles. The van der Waals surface area contributed by atoms with E-state index < -0.39 is 11.9 Å². The third kappa shape index (κ3) is 3.82. The first kappa shape index (κ1) is 14.1. The van der Waals surface area contributed by atoms with Gasteiger partial charge in [0.25, 0.3) is 0 Å². The number of carboxylic acids is 1. The average Bonchev–Trinajstić information content (AvgIpc) is 2.48. The summed E-state index contributed by atoms with van der Waals surface area (Å²) >= 11 is 0. The molecule has 1 N–H and O–H groups in total. The first-order chi connectivity index (χ1) is 9.66. The second kappa shape index (κ2) is 6.71. The van der Waals surface area contributed by atoms with Crippen LogP contribution in [0.2, 0.25) is 0 Å². The molecule has 0 bridgehead atoms. The van der Waals surface area contributed by atoms with Gasteiger partial charge in [0.2, 0.25) is 0 Å². The van der Waals surface area contributed by atoms with E-state index in [1.807, 2.05) is 60.7 Å². The van der Waals surface area contributed by atoms with Crippen LogP contribution in [0.3, 0.4) is 0 Å². The van der Waals surface area contributed by atoms with E-state index in [0.717, 1.165) is 16.7 Å². The van der Waals surface area contributed by atoms with E-state index >= 15 is 0 Å². The maximum absolute atomic E-state index is 11.4. The number of carbonyl (C=O) groups is 1. The summed E-state index contributed by atoms with van der Waals surface area (Å²) in [6.07, 6.45) is 0.996. The van der Waals surface area contributed by atoms with E-state index in [9.17, 15) is 9.90 Å². The Morgan fingerprint density at radius 1 is 1.00 bits per heavy atom. The van der Waals surface area contributed by atoms with Crippen LogP contribution in [0.4, 0.5) is 0 Å². The van der Waals surface area contributed by atoms with Crippen molar-refractivity contribution < 1.29 is 9.90 Å². The SMILES string of the molecule is C=C(C[C@H](Cc1ccccc1)C(=O)O)c1ccccc1. The summed E-state index contributed by atoms with van der Waals surface area (Å²) in [6.45, 7) is 4.03. The number of aliphatic carboxylic acids is 1. The lowest BCUT2D eigenvalue weighted by Crippen LogP contribution is -2.16. The van der Waals surface area contributed by atoms with Crippen molar-refractivity contribution in [2.24, 2.45) is 5.92 Å². The zero-order valence-corrected chi connectivity index (χ0v) is 11.3. The number of hydrogen-bond acceptors (Lipinski definition) is 1. The van der Waals surface area contributed by atoms with Gasteiger partial charge in [-0.15, -0.1) is 0 Å². The molecule has 0 fully saturated rings. The molecule has 2 nitrogen and oxygen atoms in total. The van der Waals surface area contributed by atoms with Gasteiger partial charge in [0.15, 0.2) is 0 Å². The van der Waals surface area contributed by atoms with E-state index in [-0.39, 0.29) is 0 Å². The van der Waals surface area contributed by atoms with Crippen molar-refractivity contribution in [2.45, 2.75) is 12.8 Å². The molecule has 2 heteroatoms. The molecular weight excluding hydrogens is 248 g/mol. The van der Waals surface area contributed by atoms with Crippen molar-refractivity contribution in [2.75, 3.05) is 0 Å². The summed E-state index contributed by atoms with van der Waals surface area (Å²) in [7, 11) is 0. The zero-order valence-electron chi connectivity index (χ0n) is 11.3. The van der Waals surface area contributed by atoms with Crippen molar-refractivity contribution in [3.8, 4) is 0 Å². The van der Waals surface area contributed by atoms with Gasteiger partial charge in [0.1, 0.15) is 0 Å². The summed E-state index contributed by atoms with van der Waals surface area (Å²) in [5, 5.41) is 9.39. The number of allylic oxidation sites excluding steroid dienone is 1. The number of carboxylic acid groups (broad SMARTS) is 1. The highest BCUT2D eigenvalue weighted by atomic mass is 16.4. The maximum atomic E-state index is 11.4. The van der Waals surface area contributed by atoms with E-state index in [2.05, 4.69) is 6.58 Å². The molecule has 0 spiro atoms. The van der Waals surface area contributed by atoms with Crippen LogP contribution < -0.4 is 0 Å². The molecule has 0 radical (unpaired) electrons. The third-order valence-electron chi connectivity index (χ3n) is 3.35. The van der Waals surface area contributed by atoms with E-state index in [0.29, 0.717) is 12.8 Å². The van der Waals surface area contributed by atoms with E-state index in [4.69, 9.17) is 0 Å². The van der Waals surface area contributed by atoms with Crippen LogP contribution in [0.5, 0.6) is 0 Å². The molecule has 0 saturated carbocycles. The second-order valence-corrected chi connectivity index (χ2v) is 4.90. The van der Waals surface area contributed by atoms with Crippen LogP contribution in [-0.4, -0.2) is 11.1 Å². The highest BCUT2D eigenvalue weighted by Crippen LogP contribution is 2.23. The van der Waals surface area contributed by atoms with Crippen molar-refractivity contribution in [1.29, 1.82) is 0 Å². The molecule has 0 aliphatic heterocycles. The largest absolute Gasteiger partial charge is 0.481 e. The van der Waals surface area contributed by atoms with Gasteiger partial charge in [0, 0.05) is 0 Å². The van der Waals surface area contributed by atoms with E-state index in [1.54, 1.807) is 0 Å². The van der Waals surface area contributed by atoms with Gasteiger partial charge in [-0.05, 0) is 29.5 Å². The van der Waals surface area contributed by atoms with Crippen LogP contribution >= 0.6 is 0 Å². The predicted molar refractivity (Wildman–Crippen MR) is 81.4 cm³/mol. The zero-order chi connectivity index (χ0) is 14.4. The summed E-state index contributed by atoms with van der Waals surface area (Å²) in [5.41, 5.74) is 2.92. The molecule has 2 aromatic rings. The molecule has 20 heavy (non-hydrogen) atoms. The standard InChI is InChI=1S/C18H18O2/c1-14(16-10-6-3-7-11-16)12-17(18(19)20)13-15-8-4-2-5-9-15/h2-11,17H,1,12-13H2,(H,19,20)/t17-/m1/s1. The molecule has 0 saturated heterocycles. The number of rotatable bonds is 6. The molecule has 1 atom stereocenters. The lowest BCUT2D eigenvalue weighted by molar-refractivity contribution is -0.141. The van der Waals surface area contributed by atoms with Crippen LogP contribution in [0.25, 0.3) is 5.57 Å². The summed E-state index contributed by atoms with van der Waals surface area (Å²) in [4.78, 5) is 11.4. The van der Waals surface area contributed by atoms with Crippen molar-refractivity contribution in [3.05, 3.63) is 78.4 Å². The number of hydrogen-bond donors (Lipinski definition) is 1. The average molecular weight is 266 g/mol. The predicted octanol–water partition coefficient (Wildman–Crippen LogP) is 4.03. The van der Waals surface area contributed by atoms with Gasteiger partial charge in [-0.3, -0.25) is 4.79 Å². The minimum Gasteiger partial charge on any atom is -0.481 e. The molecular formula is C18H18O2. The lowest BCUT2D eigenvalue weighted by Gasteiger charge is -2.14. The molecule has 2 rings (SSSR count). The fourth-order valence-corrected chi connectivity index (χ4v) is 2.23. The Kier molecular flexibility index (Phi) is 4.72. The molecule has 0 aliphatic carbocycles. The molecule has 0 heterocycles. The highest BCUT2D eigenvalue weighted by Gasteiger charge is 2.19. The molecule has 0 unspecified atom stereocenters. The van der Waals surface area contributed by atoms with Gasteiger partial charge in [0.05, 0.1) is 5.92 Å². The molecule has 0 aliphatic rings. The summed E-state index contributed by atoms with van der Waals surface area (Å²) in [5.74, 6) is -1.21. The van der Waals surface area contributed by atoms with Gasteiger partial charge in [-0.2, -0.15) is 0 Å². The van der Waals surface area contributed by atoms with E-state index in [1.165, 1.54) is 0 Å². The Labute approximate surface area is 119 Å². The molecule has 0 aromatic heterocycles. The van der Waals surface area contributed by atoms with Crippen molar-refractivity contribution in [3.63, 3.8) is 0 Å². The quantitative estimate of drug-likeness (QED) is 0.857. The van der Waals surface area contributed by atoms with Gasteiger partial charge in [-0.25, -0.2) is 0 Å². The van der Waals surface area contributed by atoms with Crippen LogP contribution in [0.1, 0.15) is 17.5 Å². The topological polar surface area (TPSA) is 37.3 Å². The monoisotopic (exact) mass is 266 g/mol. The fraction of sp³-hybridized carbons (Fsp3) is 0.167. The first-order valence-corrected chi connectivity index (χ1v) is 6.66. The smallest absolute Gasteiger partial charge is 0.307 e. The lowest BCUT2D eigenvalue weighted by atomic mass is 9.90. The molecule has 102 valence electrons.